The third-order valence-corrected chi connectivity index (χ3v) is 7.35. The van der Waals surface area contributed by atoms with E-state index in [1.54, 1.807) is 30.3 Å². The first kappa shape index (κ1) is 27.1. The maximum atomic E-state index is 12.8. The van der Waals surface area contributed by atoms with Gasteiger partial charge in [0.05, 0.1) is 24.1 Å². The number of imide groups is 1. The molecule has 1 aliphatic heterocycles. The molecule has 0 saturated carbocycles. The third kappa shape index (κ3) is 6.78. The van der Waals surface area contributed by atoms with Crippen LogP contribution < -0.4 is 14.8 Å². The lowest BCUT2D eigenvalue weighted by Gasteiger charge is -2.13. The fraction of sp³-hybridized carbons (Fsp3) is 0.182. The van der Waals surface area contributed by atoms with Gasteiger partial charge in [-0.3, -0.25) is 19.3 Å². The Kier molecular flexibility index (Phi) is 9.22. The second-order valence-electron chi connectivity index (χ2n) is 6.83. The van der Waals surface area contributed by atoms with Crippen molar-refractivity contribution in [2.24, 2.45) is 0 Å². The number of nitrogens with zero attached hydrogens (tertiary/aromatic N) is 1. The van der Waals surface area contributed by atoms with Crippen molar-refractivity contribution in [1.29, 1.82) is 0 Å². The van der Waals surface area contributed by atoms with Crippen molar-refractivity contribution < 1.29 is 33.4 Å². The minimum Gasteiger partial charge on any atom is -0.493 e. The highest BCUT2D eigenvalue weighted by molar-refractivity contribution is 9.10. The molecule has 0 unspecified atom stereocenters. The number of esters is 1. The van der Waals surface area contributed by atoms with E-state index in [-0.39, 0.29) is 17.3 Å². The number of halogens is 3. The molecule has 1 saturated heterocycles. The molecule has 3 rings (SSSR count). The van der Waals surface area contributed by atoms with Gasteiger partial charge in [-0.25, -0.2) is 4.79 Å². The minimum atomic E-state index is -0.610. The van der Waals surface area contributed by atoms with E-state index >= 15 is 0 Å². The highest BCUT2D eigenvalue weighted by Crippen LogP contribution is 2.38. The number of hydrogen-bond donors (Lipinski definition) is 1. The number of thioether (sulfide) groups is 1. The monoisotopic (exact) mass is 646 g/mol. The molecule has 1 aliphatic rings. The Morgan fingerprint density at radius 3 is 2.51 bits per heavy atom. The number of carbonyl (C=O) groups excluding carboxylic acids is 4. The van der Waals surface area contributed by atoms with Gasteiger partial charge in [-0.2, -0.15) is 0 Å². The molecule has 1 heterocycles. The van der Waals surface area contributed by atoms with Crippen molar-refractivity contribution in [3.63, 3.8) is 0 Å². The van der Waals surface area contributed by atoms with Gasteiger partial charge in [-0.05, 0) is 69.7 Å². The SMILES string of the molecule is COC(=O)COc1cc(Br)c(/C=C2/SC(=O)N(CC(=O)Nc3ccc(Br)c(Cl)c3)C2=O)cc1OC. The molecule has 0 spiro atoms. The van der Waals surface area contributed by atoms with Gasteiger partial charge in [0.25, 0.3) is 11.1 Å². The molecule has 0 radical (unpaired) electrons. The molecular weight excluding hydrogens is 632 g/mol. The third-order valence-electron chi connectivity index (χ3n) is 4.52. The number of ether oxygens (including phenoxy) is 3. The Morgan fingerprint density at radius 2 is 1.86 bits per heavy atom. The van der Waals surface area contributed by atoms with Crippen LogP contribution in [0.25, 0.3) is 6.08 Å². The van der Waals surface area contributed by atoms with Gasteiger partial charge in [0, 0.05) is 14.6 Å². The summed E-state index contributed by atoms with van der Waals surface area (Å²) in [6.07, 6.45) is 1.49. The van der Waals surface area contributed by atoms with Crippen molar-refractivity contribution in [3.8, 4) is 11.5 Å². The Bertz CT molecular complexity index is 1240. The molecule has 9 nitrogen and oxygen atoms in total. The molecule has 184 valence electrons. The van der Waals surface area contributed by atoms with Crippen molar-refractivity contribution in [1.82, 2.24) is 4.90 Å². The van der Waals surface area contributed by atoms with E-state index in [1.807, 2.05) is 0 Å². The summed E-state index contributed by atoms with van der Waals surface area (Å²) in [6, 6.07) is 7.98. The highest BCUT2D eigenvalue weighted by atomic mass is 79.9. The summed E-state index contributed by atoms with van der Waals surface area (Å²) in [5, 5.41) is 2.43. The zero-order chi connectivity index (χ0) is 25.7. The number of benzene rings is 2. The van der Waals surface area contributed by atoms with Crippen LogP contribution in [0.15, 0.2) is 44.2 Å². The van der Waals surface area contributed by atoms with Crippen molar-refractivity contribution in [3.05, 3.63) is 54.8 Å². The van der Waals surface area contributed by atoms with Crippen LogP contribution in [-0.4, -0.2) is 55.3 Å². The van der Waals surface area contributed by atoms with E-state index in [0.717, 1.165) is 4.90 Å². The van der Waals surface area contributed by atoms with E-state index in [9.17, 15) is 19.2 Å². The molecule has 35 heavy (non-hydrogen) atoms. The van der Waals surface area contributed by atoms with Crippen LogP contribution in [0.3, 0.4) is 0 Å². The molecule has 2 aromatic carbocycles. The van der Waals surface area contributed by atoms with E-state index in [4.69, 9.17) is 21.1 Å². The van der Waals surface area contributed by atoms with Gasteiger partial charge in [-0.1, -0.05) is 27.5 Å². The van der Waals surface area contributed by atoms with Crippen LogP contribution in [-0.2, 0) is 19.1 Å². The quantitative estimate of drug-likeness (QED) is 0.311. The number of hydrogen-bond acceptors (Lipinski definition) is 8. The zero-order valence-electron chi connectivity index (χ0n) is 18.2. The summed E-state index contributed by atoms with van der Waals surface area (Å²) in [5.74, 6) is -1.15. The van der Waals surface area contributed by atoms with Gasteiger partial charge in [0.15, 0.2) is 18.1 Å². The molecule has 13 heteroatoms. The first-order chi connectivity index (χ1) is 16.6. The summed E-state index contributed by atoms with van der Waals surface area (Å²) in [6.45, 7) is -0.771. The van der Waals surface area contributed by atoms with Crippen LogP contribution in [0.5, 0.6) is 11.5 Å². The Balaban J connectivity index is 1.74. The molecule has 2 aromatic rings. The highest BCUT2D eigenvalue weighted by Gasteiger charge is 2.36. The second kappa shape index (κ2) is 11.9. The molecule has 1 fully saturated rings. The number of anilines is 1. The fourth-order valence-electron chi connectivity index (χ4n) is 2.82. The van der Waals surface area contributed by atoms with Crippen molar-refractivity contribution >= 4 is 90.0 Å². The average molecular weight is 649 g/mol. The van der Waals surface area contributed by atoms with Crippen LogP contribution in [0.4, 0.5) is 10.5 Å². The second-order valence-corrected chi connectivity index (χ2v) is 9.94. The number of nitrogens with one attached hydrogen (secondary N) is 1. The summed E-state index contributed by atoms with van der Waals surface area (Å²) in [5.41, 5.74) is 0.947. The normalized spacial score (nSPS) is 14.3. The molecule has 0 bridgehead atoms. The molecule has 0 aromatic heterocycles. The molecule has 0 aliphatic carbocycles. The first-order valence-electron chi connectivity index (χ1n) is 9.70. The zero-order valence-corrected chi connectivity index (χ0v) is 23.0. The lowest BCUT2D eigenvalue weighted by molar-refractivity contribution is -0.143. The average Bonchev–Trinajstić information content (AvgIpc) is 3.08. The van der Waals surface area contributed by atoms with E-state index in [2.05, 4.69) is 41.9 Å². The fourth-order valence-corrected chi connectivity index (χ4v) is 4.52. The Labute approximate surface area is 226 Å². The van der Waals surface area contributed by atoms with E-state index < -0.39 is 29.6 Å². The van der Waals surface area contributed by atoms with E-state index in [1.165, 1.54) is 20.3 Å². The van der Waals surface area contributed by atoms with Crippen LogP contribution >= 0.6 is 55.2 Å². The van der Waals surface area contributed by atoms with Crippen LogP contribution in [0, 0.1) is 0 Å². The van der Waals surface area contributed by atoms with Gasteiger partial charge >= 0.3 is 5.97 Å². The summed E-state index contributed by atoms with van der Waals surface area (Å²) in [4.78, 5) is 50.0. The van der Waals surface area contributed by atoms with Crippen molar-refractivity contribution in [2.45, 2.75) is 0 Å². The molecule has 1 N–H and O–H groups in total. The smallest absolute Gasteiger partial charge is 0.343 e. The first-order valence-corrected chi connectivity index (χ1v) is 12.5. The predicted octanol–water partition coefficient (Wildman–Crippen LogP) is 5.10. The van der Waals surface area contributed by atoms with Gasteiger partial charge in [-0.15, -0.1) is 0 Å². The predicted molar refractivity (Wildman–Crippen MR) is 139 cm³/mol. The minimum absolute atomic E-state index is 0.125. The summed E-state index contributed by atoms with van der Waals surface area (Å²) >= 11 is 13.4. The van der Waals surface area contributed by atoms with Crippen LogP contribution in [0.2, 0.25) is 5.02 Å². The lowest BCUT2D eigenvalue weighted by atomic mass is 10.2. The maximum Gasteiger partial charge on any atom is 0.343 e. The van der Waals surface area contributed by atoms with Gasteiger partial charge < -0.3 is 19.5 Å². The number of rotatable bonds is 8. The van der Waals surface area contributed by atoms with Crippen molar-refractivity contribution in [2.75, 3.05) is 32.7 Å². The lowest BCUT2D eigenvalue weighted by Crippen LogP contribution is -2.36. The Morgan fingerprint density at radius 1 is 1.11 bits per heavy atom. The standard InChI is InChI=1S/C22H17Br2ClN2O7S/c1-32-16-5-11(14(24)8-17(16)34-10-20(29)33-2)6-18-21(30)27(22(31)35-18)9-19(28)26-12-3-4-13(23)15(25)7-12/h3-8H,9-10H2,1-2H3,(H,26,28)/b18-6+. The van der Waals surface area contributed by atoms with Crippen LogP contribution in [0.1, 0.15) is 5.56 Å². The topological polar surface area (TPSA) is 111 Å². The molecule has 0 atom stereocenters. The van der Waals surface area contributed by atoms with Gasteiger partial charge in [0.1, 0.15) is 6.54 Å². The van der Waals surface area contributed by atoms with Gasteiger partial charge in [0.2, 0.25) is 5.91 Å². The Hall–Kier alpha value is -2.54. The van der Waals surface area contributed by atoms with E-state index in [0.29, 0.717) is 42.7 Å². The molecule has 3 amide bonds. The maximum absolute atomic E-state index is 12.8. The number of methoxy groups -OCH3 is 2. The number of amides is 3. The molecular formula is C22H17Br2ClN2O7S. The summed E-state index contributed by atoms with van der Waals surface area (Å²) < 4.78 is 16.5. The largest absolute Gasteiger partial charge is 0.493 e. The summed E-state index contributed by atoms with van der Waals surface area (Å²) in [7, 11) is 2.66. The number of carbonyl (C=O) groups is 4.